The van der Waals surface area contributed by atoms with Crippen molar-refractivity contribution in [2.75, 3.05) is 0 Å². The number of aryl methyl sites for hydroxylation is 1. The summed E-state index contributed by atoms with van der Waals surface area (Å²) in [6.07, 6.45) is 3.82. The molecule has 2 aromatic rings. The summed E-state index contributed by atoms with van der Waals surface area (Å²) >= 11 is 0. The number of unbranched alkanes of at least 4 members (excludes halogenated alkanes) is 2. The third-order valence-corrected chi connectivity index (χ3v) is 2.62. The first-order valence-corrected chi connectivity index (χ1v) is 5.84. The zero-order valence-corrected chi connectivity index (χ0v) is 10.0. The summed E-state index contributed by atoms with van der Waals surface area (Å²) in [5.41, 5.74) is 0.309. The molecule has 0 radical (unpaired) electrons. The van der Waals surface area contributed by atoms with Crippen LogP contribution in [0.5, 0.6) is 0 Å². The van der Waals surface area contributed by atoms with E-state index in [0.29, 0.717) is 12.1 Å². The highest BCUT2D eigenvalue weighted by Crippen LogP contribution is 2.03. The minimum atomic E-state index is -1.22. The van der Waals surface area contributed by atoms with Crippen molar-refractivity contribution >= 4 is 11.7 Å². The number of aromatic amines is 1. The minimum Gasteiger partial charge on any atom is -0.475 e. The van der Waals surface area contributed by atoms with Crippen molar-refractivity contribution in [1.82, 2.24) is 19.6 Å². The summed E-state index contributed by atoms with van der Waals surface area (Å²) in [4.78, 5) is 30.4. The summed E-state index contributed by atoms with van der Waals surface area (Å²) in [5, 5.41) is 11.2. The van der Waals surface area contributed by atoms with E-state index >= 15 is 0 Å². The highest BCUT2D eigenvalue weighted by atomic mass is 16.4. The molecule has 0 fully saturated rings. The van der Waals surface area contributed by atoms with E-state index in [0.717, 1.165) is 23.8 Å². The topological polar surface area (TPSA) is 100 Å². The van der Waals surface area contributed by atoms with E-state index in [4.69, 9.17) is 5.11 Å². The molecular formula is C11H14N4O3. The van der Waals surface area contributed by atoms with Gasteiger partial charge in [0.1, 0.15) is 0 Å². The molecule has 96 valence electrons. The molecule has 0 aliphatic rings. The van der Waals surface area contributed by atoms with Crippen LogP contribution >= 0.6 is 0 Å². The number of aromatic carboxylic acids is 1. The smallest absolute Gasteiger partial charge is 0.373 e. The molecule has 7 heteroatoms. The highest BCUT2D eigenvalue weighted by molar-refractivity contribution is 5.83. The van der Waals surface area contributed by atoms with Crippen molar-refractivity contribution in [1.29, 1.82) is 0 Å². The van der Waals surface area contributed by atoms with Crippen LogP contribution in [0, 0.1) is 0 Å². The fourth-order valence-electron chi connectivity index (χ4n) is 1.71. The van der Waals surface area contributed by atoms with E-state index < -0.39 is 5.97 Å². The Morgan fingerprint density at radius 3 is 2.89 bits per heavy atom. The third kappa shape index (κ3) is 2.39. The number of hydrogen-bond donors (Lipinski definition) is 2. The van der Waals surface area contributed by atoms with E-state index in [-0.39, 0.29) is 17.2 Å². The Balaban J connectivity index is 2.36. The number of hydrogen-bond acceptors (Lipinski definition) is 4. The number of carboxylic acid groups (broad SMARTS) is 1. The second kappa shape index (κ2) is 4.99. The van der Waals surface area contributed by atoms with Crippen LogP contribution in [0.2, 0.25) is 0 Å². The Hall–Kier alpha value is -2.18. The average Bonchev–Trinajstić information content (AvgIpc) is 2.74. The predicted molar refractivity (Wildman–Crippen MR) is 63.8 cm³/mol. The van der Waals surface area contributed by atoms with E-state index in [1.165, 1.54) is 6.07 Å². The molecule has 0 bridgehead atoms. The average molecular weight is 250 g/mol. The Morgan fingerprint density at radius 2 is 2.22 bits per heavy atom. The van der Waals surface area contributed by atoms with Gasteiger partial charge in [-0.05, 0) is 12.8 Å². The molecule has 0 aliphatic heterocycles. The molecule has 18 heavy (non-hydrogen) atoms. The summed E-state index contributed by atoms with van der Waals surface area (Å²) in [6, 6.07) is 1.41. The Morgan fingerprint density at radius 1 is 1.44 bits per heavy atom. The van der Waals surface area contributed by atoms with E-state index in [2.05, 4.69) is 22.0 Å². The zero-order chi connectivity index (χ0) is 13.1. The van der Waals surface area contributed by atoms with E-state index in [1.54, 1.807) is 0 Å². The second-order valence-corrected chi connectivity index (χ2v) is 4.06. The third-order valence-electron chi connectivity index (χ3n) is 2.62. The standard InChI is InChI=1S/C11H14N4O3/c1-2-3-4-5-7-6-8(16)15-11(12-7)13-9(14-15)10(17)18/h6H,2-5H2,1H3,(H,17,18)(H,12,13,14). The van der Waals surface area contributed by atoms with Crippen molar-refractivity contribution in [2.24, 2.45) is 0 Å². The van der Waals surface area contributed by atoms with Gasteiger partial charge in [-0.2, -0.15) is 9.50 Å². The molecule has 0 spiro atoms. The van der Waals surface area contributed by atoms with Gasteiger partial charge in [-0.25, -0.2) is 9.78 Å². The molecule has 0 amide bonds. The fraction of sp³-hybridized carbons (Fsp3) is 0.455. The lowest BCUT2D eigenvalue weighted by molar-refractivity contribution is 0.0684. The second-order valence-electron chi connectivity index (χ2n) is 4.06. The quantitative estimate of drug-likeness (QED) is 0.766. The number of nitrogens with zero attached hydrogens (tertiary/aromatic N) is 3. The van der Waals surface area contributed by atoms with Gasteiger partial charge in [0.2, 0.25) is 5.82 Å². The maximum atomic E-state index is 11.7. The zero-order valence-electron chi connectivity index (χ0n) is 10.0. The van der Waals surface area contributed by atoms with Crippen molar-refractivity contribution < 1.29 is 9.90 Å². The normalized spacial score (nSPS) is 10.9. The molecule has 0 aliphatic carbocycles. The summed E-state index contributed by atoms with van der Waals surface area (Å²) in [6.45, 7) is 2.10. The van der Waals surface area contributed by atoms with Crippen LogP contribution in [-0.2, 0) is 6.42 Å². The van der Waals surface area contributed by atoms with Gasteiger partial charge < -0.3 is 5.11 Å². The molecule has 7 nitrogen and oxygen atoms in total. The molecule has 2 heterocycles. The van der Waals surface area contributed by atoms with Crippen LogP contribution in [0.3, 0.4) is 0 Å². The van der Waals surface area contributed by atoms with Crippen molar-refractivity contribution in [3.05, 3.63) is 27.9 Å². The Labute approximate surface area is 102 Å². The first-order chi connectivity index (χ1) is 8.61. The maximum absolute atomic E-state index is 11.7. The predicted octanol–water partition coefficient (Wildman–Crippen LogP) is 0.849. The van der Waals surface area contributed by atoms with Gasteiger partial charge in [0.25, 0.3) is 11.3 Å². The monoisotopic (exact) mass is 250 g/mol. The van der Waals surface area contributed by atoms with Crippen LogP contribution in [0.4, 0.5) is 0 Å². The molecule has 0 saturated carbocycles. The van der Waals surface area contributed by atoms with Crippen molar-refractivity contribution in [3.8, 4) is 0 Å². The Bertz CT molecular complexity index is 629. The molecule has 2 rings (SSSR count). The summed E-state index contributed by atoms with van der Waals surface area (Å²) in [5.74, 6) is -1.40. The first kappa shape index (κ1) is 12.3. The van der Waals surface area contributed by atoms with Gasteiger partial charge in [0.05, 0.1) is 5.69 Å². The lowest BCUT2D eigenvalue weighted by Crippen LogP contribution is -2.16. The van der Waals surface area contributed by atoms with Gasteiger partial charge in [-0.3, -0.25) is 9.89 Å². The molecule has 0 atom stereocenters. The number of rotatable bonds is 5. The first-order valence-electron chi connectivity index (χ1n) is 5.84. The fourth-order valence-corrected chi connectivity index (χ4v) is 1.71. The summed E-state index contributed by atoms with van der Waals surface area (Å²) < 4.78 is 1.03. The van der Waals surface area contributed by atoms with E-state index in [9.17, 15) is 9.59 Å². The van der Waals surface area contributed by atoms with Crippen LogP contribution in [0.1, 0.15) is 42.5 Å². The van der Waals surface area contributed by atoms with Crippen LogP contribution in [0.15, 0.2) is 10.9 Å². The number of carbonyl (C=O) groups is 1. The SMILES string of the molecule is CCCCCc1cc(=O)n2[nH]c(C(=O)O)nc2n1. The highest BCUT2D eigenvalue weighted by Gasteiger charge is 2.12. The van der Waals surface area contributed by atoms with Crippen LogP contribution in [-0.4, -0.2) is 30.7 Å². The molecule has 0 aromatic carbocycles. The Kier molecular flexibility index (Phi) is 3.40. The molecular weight excluding hydrogens is 236 g/mol. The lowest BCUT2D eigenvalue weighted by atomic mass is 10.1. The molecule has 0 unspecified atom stereocenters. The minimum absolute atomic E-state index is 0.103. The van der Waals surface area contributed by atoms with Gasteiger partial charge >= 0.3 is 5.97 Å². The van der Waals surface area contributed by atoms with Gasteiger partial charge in [-0.15, -0.1) is 0 Å². The van der Waals surface area contributed by atoms with Gasteiger partial charge in [-0.1, -0.05) is 19.8 Å². The molecule has 0 saturated heterocycles. The maximum Gasteiger partial charge on any atom is 0.373 e. The number of aromatic nitrogens is 4. The number of fused-ring (bicyclic) bond motifs is 1. The van der Waals surface area contributed by atoms with Gasteiger partial charge in [0, 0.05) is 6.07 Å². The molecule has 2 aromatic heterocycles. The number of nitrogens with one attached hydrogen (secondary N) is 1. The van der Waals surface area contributed by atoms with Gasteiger partial charge in [0.15, 0.2) is 0 Å². The largest absolute Gasteiger partial charge is 0.475 e. The lowest BCUT2D eigenvalue weighted by Gasteiger charge is -1.99. The van der Waals surface area contributed by atoms with Crippen molar-refractivity contribution in [2.45, 2.75) is 32.6 Å². The van der Waals surface area contributed by atoms with Crippen LogP contribution in [0.25, 0.3) is 5.78 Å². The summed E-state index contributed by atoms with van der Waals surface area (Å²) in [7, 11) is 0. The number of H-pyrrole nitrogens is 1. The van der Waals surface area contributed by atoms with E-state index in [1.807, 2.05) is 0 Å². The molecule has 2 N–H and O–H groups in total. The van der Waals surface area contributed by atoms with Crippen LogP contribution < -0.4 is 5.56 Å². The number of carboxylic acids is 1. The van der Waals surface area contributed by atoms with Crippen molar-refractivity contribution in [3.63, 3.8) is 0 Å².